The Morgan fingerprint density at radius 2 is 1.47 bits per heavy atom. The van der Waals surface area contributed by atoms with Crippen molar-refractivity contribution in [1.82, 2.24) is 0 Å². The minimum atomic E-state index is 0.153. The van der Waals surface area contributed by atoms with Crippen LogP contribution in [-0.4, -0.2) is 5.78 Å². The summed E-state index contributed by atoms with van der Waals surface area (Å²) in [5, 5.41) is 0.987. The summed E-state index contributed by atoms with van der Waals surface area (Å²) in [4.78, 5) is 12.0. The quantitative estimate of drug-likeness (QED) is 0.743. The van der Waals surface area contributed by atoms with Crippen LogP contribution in [0.2, 0.25) is 10.0 Å². The van der Waals surface area contributed by atoms with E-state index in [-0.39, 0.29) is 5.78 Å². The van der Waals surface area contributed by atoms with Gasteiger partial charge in [-0.3, -0.25) is 4.79 Å². The van der Waals surface area contributed by atoms with Gasteiger partial charge < -0.3 is 0 Å². The highest BCUT2D eigenvalue weighted by atomic mass is 79.9. The molecule has 0 heterocycles. The molecular formula is C15H11BrCl2O. The van der Waals surface area contributed by atoms with E-state index < -0.39 is 0 Å². The van der Waals surface area contributed by atoms with Crippen molar-refractivity contribution in [3.05, 3.63) is 68.1 Å². The Labute approximate surface area is 130 Å². The molecule has 0 atom stereocenters. The van der Waals surface area contributed by atoms with Crippen molar-refractivity contribution in [2.45, 2.75) is 12.8 Å². The maximum atomic E-state index is 12.0. The number of hydrogen-bond donors (Lipinski definition) is 0. The second kappa shape index (κ2) is 6.56. The number of carbonyl (C=O) groups is 1. The number of halogens is 3. The number of ketones is 1. The van der Waals surface area contributed by atoms with E-state index in [0.717, 1.165) is 15.6 Å². The molecule has 0 saturated carbocycles. The maximum Gasteiger partial charge on any atom is 0.141 e. The van der Waals surface area contributed by atoms with Crippen LogP contribution in [0.15, 0.2) is 46.9 Å². The molecule has 0 spiro atoms. The molecule has 0 aliphatic carbocycles. The second-order valence-corrected chi connectivity index (χ2v) is 6.00. The zero-order chi connectivity index (χ0) is 13.8. The molecule has 0 saturated heterocycles. The molecular weight excluding hydrogens is 347 g/mol. The lowest BCUT2D eigenvalue weighted by Gasteiger charge is -2.04. The molecule has 98 valence electrons. The van der Waals surface area contributed by atoms with E-state index in [0.29, 0.717) is 22.9 Å². The van der Waals surface area contributed by atoms with Gasteiger partial charge in [0, 0.05) is 17.3 Å². The predicted octanol–water partition coefficient (Wildman–Crippen LogP) is 5.11. The van der Waals surface area contributed by atoms with Crippen LogP contribution in [-0.2, 0) is 17.6 Å². The Morgan fingerprint density at radius 1 is 0.895 bits per heavy atom. The van der Waals surface area contributed by atoms with Crippen molar-refractivity contribution in [3.63, 3.8) is 0 Å². The molecule has 0 fully saturated rings. The molecule has 0 unspecified atom stereocenters. The van der Waals surface area contributed by atoms with E-state index in [2.05, 4.69) is 15.9 Å². The van der Waals surface area contributed by atoms with Crippen molar-refractivity contribution in [2.75, 3.05) is 0 Å². The number of benzene rings is 2. The minimum Gasteiger partial charge on any atom is -0.299 e. The molecule has 0 aromatic heterocycles. The molecule has 0 radical (unpaired) electrons. The van der Waals surface area contributed by atoms with Gasteiger partial charge in [0.1, 0.15) is 5.78 Å². The summed E-state index contributed by atoms with van der Waals surface area (Å²) in [5.41, 5.74) is 1.89. The van der Waals surface area contributed by atoms with Gasteiger partial charge in [-0.05, 0) is 35.4 Å². The molecule has 1 nitrogen and oxygen atoms in total. The Balaban J connectivity index is 2.01. The average Bonchev–Trinajstić information content (AvgIpc) is 2.37. The maximum absolute atomic E-state index is 12.0. The molecule has 2 rings (SSSR count). The van der Waals surface area contributed by atoms with E-state index in [1.165, 1.54) is 0 Å². The molecule has 19 heavy (non-hydrogen) atoms. The summed E-state index contributed by atoms with van der Waals surface area (Å²) in [7, 11) is 0. The summed E-state index contributed by atoms with van der Waals surface area (Å²) >= 11 is 15.1. The smallest absolute Gasteiger partial charge is 0.141 e. The fraction of sp³-hybridized carbons (Fsp3) is 0.133. The van der Waals surface area contributed by atoms with E-state index in [4.69, 9.17) is 23.2 Å². The standard InChI is InChI=1S/C15H11BrCl2O/c16-12-4-1-10(2-5-12)7-13(19)8-11-3-6-14(17)15(18)9-11/h1-6,9H,7-8H2. The average molecular weight is 358 g/mol. The molecule has 0 bridgehead atoms. The first-order chi connectivity index (χ1) is 9.04. The van der Waals surface area contributed by atoms with Gasteiger partial charge in [-0.2, -0.15) is 0 Å². The highest BCUT2D eigenvalue weighted by molar-refractivity contribution is 9.10. The number of hydrogen-bond acceptors (Lipinski definition) is 1. The summed E-state index contributed by atoms with van der Waals surface area (Å²) in [6, 6.07) is 13.0. The lowest BCUT2D eigenvalue weighted by molar-refractivity contribution is -0.117. The summed E-state index contributed by atoms with van der Waals surface area (Å²) in [5.74, 6) is 0.153. The first-order valence-corrected chi connectivity index (χ1v) is 7.29. The van der Waals surface area contributed by atoms with Crippen LogP contribution in [0.25, 0.3) is 0 Å². The highest BCUT2D eigenvalue weighted by Crippen LogP contribution is 2.23. The van der Waals surface area contributed by atoms with Crippen molar-refractivity contribution < 1.29 is 4.79 Å². The Hall–Kier alpha value is -0.830. The van der Waals surface area contributed by atoms with E-state index in [1.54, 1.807) is 12.1 Å². The van der Waals surface area contributed by atoms with Crippen LogP contribution < -0.4 is 0 Å². The van der Waals surface area contributed by atoms with E-state index in [1.807, 2.05) is 30.3 Å². The van der Waals surface area contributed by atoms with Crippen LogP contribution in [0.5, 0.6) is 0 Å². The van der Waals surface area contributed by atoms with Gasteiger partial charge >= 0.3 is 0 Å². The SMILES string of the molecule is O=C(Cc1ccc(Br)cc1)Cc1ccc(Cl)c(Cl)c1. The first-order valence-electron chi connectivity index (χ1n) is 5.74. The third-order valence-corrected chi connectivity index (χ3v) is 3.97. The molecule has 2 aromatic rings. The fourth-order valence-electron chi connectivity index (χ4n) is 1.77. The number of Topliss-reactive ketones (excluding diaryl/α,β-unsaturated/α-hetero) is 1. The van der Waals surface area contributed by atoms with Crippen LogP contribution >= 0.6 is 39.1 Å². The van der Waals surface area contributed by atoms with Crippen LogP contribution in [0.1, 0.15) is 11.1 Å². The van der Waals surface area contributed by atoms with Gasteiger partial charge in [-0.1, -0.05) is 57.3 Å². The molecule has 0 N–H and O–H groups in total. The van der Waals surface area contributed by atoms with Crippen molar-refractivity contribution in [2.24, 2.45) is 0 Å². The minimum absolute atomic E-state index is 0.153. The van der Waals surface area contributed by atoms with Crippen molar-refractivity contribution in [3.8, 4) is 0 Å². The monoisotopic (exact) mass is 356 g/mol. The Bertz CT molecular complexity index is 594. The number of carbonyl (C=O) groups excluding carboxylic acids is 1. The summed E-state index contributed by atoms with van der Waals surface area (Å²) < 4.78 is 1.01. The van der Waals surface area contributed by atoms with Crippen LogP contribution in [0.4, 0.5) is 0 Å². The Morgan fingerprint density at radius 3 is 2.11 bits per heavy atom. The first kappa shape index (κ1) is 14.6. The van der Waals surface area contributed by atoms with E-state index in [9.17, 15) is 4.79 Å². The van der Waals surface area contributed by atoms with Gasteiger partial charge in [-0.15, -0.1) is 0 Å². The second-order valence-electron chi connectivity index (χ2n) is 4.27. The van der Waals surface area contributed by atoms with Crippen LogP contribution in [0.3, 0.4) is 0 Å². The molecule has 0 aliphatic heterocycles. The Kier molecular flexibility index (Phi) is 5.03. The normalized spacial score (nSPS) is 10.5. The van der Waals surface area contributed by atoms with Crippen molar-refractivity contribution >= 4 is 44.9 Å². The predicted molar refractivity (Wildman–Crippen MR) is 83.0 cm³/mol. The molecule has 0 amide bonds. The number of rotatable bonds is 4. The molecule has 2 aromatic carbocycles. The van der Waals surface area contributed by atoms with Crippen LogP contribution in [0, 0.1) is 0 Å². The topological polar surface area (TPSA) is 17.1 Å². The molecule has 0 aliphatic rings. The zero-order valence-corrected chi connectivity index (χ0v) is 13.1. The lowest BCUT2D eigenvalue weighted by Crippen LogP contribution is -2.06. The third kappa shape index (κ3) is 4.34. The van der Waals surface area contributed by atoms with Gasteiger partial charge in [-0.25, -0.2) is 0 Å². The van der Waals surface area contributed by atoms with Crippen molar-refractivity contribution in [1.29, 1.82) is 0 Å². The highest BCUT2D eigenvalue weighted by Gasteiger charge is 2.07. The summed E-state index contributed by atoms with van der Waals surface area (Å²) in [6.45, 7) is 0. The van der Waals surface area contributed by atoms with Gasteiger partial charge in [0.15, 0.2) is 0 Å². The summed E-state index contributed by atoms with van der Waals surface area (Å²) in [6.07, 6.45) is 0.792. The fourth-order valence-corrected chi connectivity index (χ4v) is 2.35. The van der Waals surface area contributed by atoms with Gasteiger partial charge in [0.05, 0.1) is 10.0 Å². The third-order valence-electron chi connectivity index (χ3n) is 2.70. The van der Waals surface area contributed by atoms with E-state index >= 15 is 0 Å². The lowest BCUT2D eigenvalue weighted by atomic mass is 10.0. The van der Waals surface area contributed by atoms with Gasteiger partial charge in [0.2, 0.25) is 0 Å². The zero-order valence-electron chi connectivity index (χ0n) is 10.00. The largest absolute Gasteiger partial charge is 0.299 e. The van der Waals surface area contributed by atoms with Gasteiger partial charge in [0.25, 0.3) is 0 Å². The molecule has 4 heteroatoms.